The summed E-state index contributed by atoms with van der Waals surface area (Å²) in [7, 11) is -0.445. The monoisotopic (exact) mass is 813 g/mol. The lowest BCUT2D eigenvalue weighted by atomic mass is 9.85. The van der Waals surface area contributed by atoms with Gasteiger partial charge in [0.2, 0.25) is 21.8 Å². The normalized spacial score (nSPS) is 26.1. The van der Waals surface area contributed by atoms with E-state index in [0.717, 1.165) is 5.39 Å². The molecule has 17 heteroatoms. The van der Waals surface area contributed by atoms with Gasteiger partial charge in [0.15, 0.2) is 0 Å². The molecule has 0 radical (unpaired) electrons. The third kappa shape index (κ3) is 7.83. The smallest absolute Gasteiger partial charge is 0.318 e. The molecule has 8 rings (SSSR count). The molecule has 1 aromatic carbocycles. The number of urea groups is 1. The molecule has 5 heterocycles. The van der Waals surface area contributed by atoms with E-state index in [-0.39, 0.29) is 25.9 Å². The molecule has 5 aliphatic rings. The highest BCUT2D eigenvalue weighted by atomic mass is 32.2. The Morgan fingerprint density at radius 3 is 2.52 bits per heavy atom. The Bertz CT molecular complexity index is 2370. The minimum Gasteiger partial charge on any atom is -0.372 e. The number of benzene rings is 1. The average molecular weight is 814 g/mol. The molecule has 3 fully saturated rings. The second-order valence-electron chi connectivity index (χ2n) is 17.0. The number of amides is 5. The van der Waals surface area contributed by atoms with Gasteiger partial charge in [0.05, 0.1) is 34.3 Å². The highest BCUT2D eigenvalue weighted by Gasteiger charge is 2.62. The van der Waals surface area contributed by atoms with Gasteiger partial charge in [0.1, 0.15) is 17.6 Å². The quantitative estimate of drug-likeness (QED) is 0.299. The fourth-order valence-electron chi connectivity index (χ4n) is 7.87. The average Bonchev–Trinajstić information content (AvgIpc) is 4.11. The number of fused-ring (bicyclic) bond motifs is 12. The van der Waals surface area contributed by atoms with Crippen LogP contribution in [-0.4, -0.2) is 113 Å². The van der Waals surface area contributed by atoms with E-state index in [1.807, 2.05) is 54.4 Å². The van der Waals surface area contributed by atoms with Gasteiger partial charge in [-0.2, -0.15) is 5.10 Å². The van der Waals surface area contributed by atoms with Gasteiger partial charge in [-0.3, -0.25) is 28.9 Å². The maximum atomic E-state index is 14.8. The first-order valence-electron chi connectivity index (χ1n) is 19.6. The van der Waals surface area contributed by atoms with Crippen LogP contribution >= 0.6 is 0 Å². The highest BCUT2D eigenvalue weighted by molar-refractivity contribution is 7.91. The third-order valence-corrected chi connectivity index (χ3v) is 13.5. The second kappa shape index (κ2) is 15.3. The van der Waals surface area contributed by atoms with Crippen molar-refractivity contribution < 1.29 is 27.6 Å². The molecule has 3 aliphatic heterocycles. The van der Waals surface area contributed by atoms with Crippen molar-refractivity contribution in [2.24, 2.45) is 11.3 Å². The summed E-state index contributed by atoms with van der Waals surface area (Å²) in [4.78, 5) is 80.6. The number of sulfonamides is 1. The Balaban J connectivity index is 1.31. The number of aromatic nitrogens is 3. The van der Waals surface area contributed by atoms with Crippen molar-refractivity contribution in [1.82, 2.24) is 39.9 Å². The molecular formula is C41H51N9O7S. The standard InChI is InChI=1S/C41H51N9O7S/c1-7-27-22-41(27,38(54)46-58(56,57)29-15-16-29)45-35(51)31-21-28-24-49(31)37(53)34(40(2,3)4)44-39(55)48(6)19-10-8-9-18-47(5)32-23-43-50(28)36(52)33(32)26-14-13-25-12-11-17-42-30(25)20-26/h7-8,10-14,17,20,23,27-29,31,34H,1,9,15-16,18-19,21-22,24H2,2-6H3,(H,44,55)(H,45,51)(H,46,54)/b10-8+/t27?,28-,31+,34-,41?/m1/s1. The zero-order chi connectivity index (χ0) is 41.7. The molecular weight excluding hydrogens is 763 g/mol. The molecule has 2 aromatic heterocycles. The lowest BCUT2D eigenvalue weighted by Gasteiger charge is -2.36. The SMILES string of the molecule is C=CC1CC1(NC(=O)[C@@H]1C[C@@H]2CN1C(=O)[C@H](C(C)(C)C)NC(=O)N(C)C/C=C/CCN(C)c1cnn2c(=O)c1-c1ccc2cccnc2c1)C(=O)NS(=O)(=O)C1CC1. The topological polar surface area (TPSA) is 196 Å². The van der Waals surface area contributed by atoms with E-state index in [4.69, 9.17) is 0 Å². The van der Waals surface area contributed by atoms with E-state index in [2.05, 4.69) is 32.0 Å². The summed E-state index contributed by atoms with van der Waals surface area (Å²) in [5.41, 5.74) is -0.601. The zero-order valence-corrected chi connectivity index (χ0v) is 34.3. The van der Waals surface area contributed by atoms with Crippen LogP contribution in [0.25, 0.3) is 22.0 Å². The van der Waals surface area contributed by atoms with Crippen LogP contribution in [-0.2, 0) is 24.4 Å². The number of pyridine rings is 1. The Labute approximate surface area is 337 Å². The Morgan fingerprint density at radius 1 is 1.07 bits per heavy atom. The van der Waals surface area contributed by atoms with Crippen molar-refractivity contribution in [2.45, 2.75) is 81.8 Å². The van der Waals surface area contributed by atoms with E-state index in [1.165, 1.54) is 20.6 Å². The lowest BCUT2D eigenvalue weighted by Crippen LogP contribution is -2.61. The molecule has 58 heavy (non-hydrogen) atoms. The molecule has 3 aromatic rings. The maximum Gasteiger partial charge on any atom is 0.318 e. The number of likely N-dealkylation sites (N-methyl/N-ethyl adjacent to an activating group) is 1. The minimum absolute atomic E-state index is 0.0656. The Morgan fingerprint density at radius 2 is 1.83 bits per heavy atom. The van der Waals surface area contributed by atoms with Crippen molar-refractivity contribution >= 4 is 50.4 Å². The van der Waals surface area contributed by atoms with Gasteiger partial charge in [-0.25, -0.2) is 17.9 Å². The molecule has 2 aliphatic carbocycles. The molecule has 3 N–H and O–H groups in total. The van der Waals surface area contributed by atoms with Crippen LogP contribution in [0.3, 0.4) is 0 Å². The number of hydrogen-bond donors (Lipinski definition) is 3. The van der Waals surface area contributed by atoms with Crippen molar-refractivity contribution in [1.29, 1.82) is 0 Å². The highest BCUT2D eigenvalue weighted by Crippen LogP contribution is 2.46. The molecule has 5 atom stereocenters. The molecule has 2 unspecified atom stereocenters. The predicted octanol–water partition coefficient (Wildman–Crippen LogP) is 2.72. The second-order valence-corrected chi connectivity index (χ2v) is 18.9. The minimum atomic E-state index is -3.94. The van der Waals surface area contributed by atoms with Crippen LogP contribution in [0.5, 0.6) is 0 Å². The Kier molecular flexibility index (Phi) is 10.7. The van der Waals surface area contributed by atoms with E-state index in [9.17, 15) is 32.4 Å². The van der Waals surface area contributed by atoms with E-state index < -0.39 is 79.6 Å². The summed E-state index contributed by atoms with van der Waals surface area (Å²) in [6, 6.07) is 5.75. The Hall–Kier alpha value is -5.58. The number of nitrogens with zero attached hydrogens (tertiary/aromatic N) is 6. The number of hydrogen-bond acceptors (Lipinski definition) is 10. The number of rotatable bonds is 7. The van der Waals surface area contributed by atoms with Gasteiger partial charge in [0.25, 0.3) is 11.5 Å². The van der Waals surface area contributed by atoms with Gasteiger partial charge in [0, 0.05) is 57.7 Å². The van der Waals surface area contributed by atoms with Gasteiger partial charge >= 0.3 is 6.03 Å². The molecule has 308 valence electrons. The van der Waals surface area contributed by atoms with Gasteiger partial charge in [-0.05, 0) is 48.8 Å². The fraction of sp³-hybridized carbons (Fsp3) is 0.488. The van der Waals surface area contributed by atoms with E-state index >= 15 is 0 Å². The van der Waals surface area contributed by atoms with Crippen molar-refractivity contribution in [3.8, 4) is 11.1 Å². The van der Waals surface area contributed by atoms with Crippen LogP contribution in [0.15, 0.2) is 72.3 Å². The largest absolute Gasteiger partial charge is 0.372 e. The van der Waals surface area contributed by atoms with Gasteiger partial charge < -0.3 is 25.3 Å². The summed E-state index contributed by atoms with van der Waals surface area (Å²) in [6.45, 7) is 9.85. The van der Waals surface area contributed by atoms with Gasteiger partial charge in [-0.15, -0.1) is 6.58 Å². The van der Waals surface area contributed by atoms with Crippen LogP contribution in [0.1, 0.15) is 58.9 Å². The maximum absolute atomic E-state index is 14.8. The third-order valence-electron chi connectivity index (χ3n) is 11.7. The summed E-state index contributed by atoms with van der Waals surface area (Å²) < 4.78 is 29.1. The van der Waals surface area contributed by atoms with Crippen LogP contribution < -0.4 is 25.8 Å². The van der Waals surface area contributed by atoms with Crippen LogP contribution in [0, 0.1) is 11.3 Å². The molecule has 5 amide bonds. The van der Waals surface area contributed by atoms with Crippen molar-refractivity contribution in [2.75, 3.05) is 38.6 Å². The molecule has 16 nitrogen and oxygen atoms in total. The first kappa shape index (κ1) is 40.6. The summed E-state index contributed by atoms with van der Waals surface area (Å²) in [6.07, 6.45) is 10.1. The zero-order valence-electron chi connectivity index (χ0n) is 33.5. The molecule has 1 saturated heterocycles. The number of anilines is 1. The van der Waals surface area contributed by atoms with E-state index in [0.29, 0.717) is 48.1 Å². The first-order chi connectivity index (χ1) is 27.4. The molecule has 0 spiro atoms. The van der Waals surface area contributed by atoms with Crippen molar-refractivity contribution in [3.63, 3.8) is 0 Å². The van der Waals surface area contributed by atoms with Crippen LogP contribution in [0.2, 0.25) is 0 Å². The predicted molar refractivity (Wildman–Crippen MR) is 219 cm³/mol. The number of nitrogens with one attached hydrogen (secondary N) is 3. The number of carbonyl (C=O) groups is 4. The summed E-state index contributed by atoms with van der Waals surface area (Å²) in [5.74, 6) is -2.71. The van der Waals surface area contributed by atoms with Crippen LogP contribution in [0.4, 0.5) is 10.5 Å². The molecule has 4 bridgehead atoms. The summed E-state index contributed by atoms with van der Waals surface area (Å²) >= 11 is 0. The van der Waals surface area contributed by atoms with E-state index in [1.54, 1.807) is 40.2 Å². The fourth-order valence-corrected chi connectivity index (χ4v) is 9.24. The lowest BCUT2D eigenvalue weighted by molar-refractivity contribution is -0.142. The first-order valence-corrected chi connectivity index (χ1v) is 21.2. The molecule has 2 saturated carbocycles. The van der Waals surface area contributed by atoms with Crippen molar-refractivity contribution in [3.05, 3.63) is 77.9 Å². The van der Waals surface area contributed by atoms with Gasteiger partial charge in [-0.1, -0.05) is 57.2 Å². The number of carbonyl (C=O) groups excluding carboxylic acids is 4. The summed E-state index contributed by atoms with van der Waals surface area (Å²) in [5, 5.41) is 10.6.